The van der Waals surface area contributed by atoms with Gasteiger partial charge in [-0.3, -0.25) is 4.98 Å². The monoisotopic (exact) mass is 302 g/mol. The molecule has 4 nitrogen and oxygen atoms in total. The summed E-state index contributed by atoms with van der Waals surface area (Å²) >= 11 is 0. The maximum Gasteiger partial charge on any atom is 0.339 e. The van der Waals surface area contributed by atoms with Crippen LogP contribution in [-0.2, 0) is 4.74 Å². The number of rotatable bonds is 2. The van der Waals surface area contributed by atoms with Crippen molar-refractivity contribution in [1.29, 1.82) is 0 Å². The van der Waals surface area contributed by atoms with Crippen LogP contribution in [0.2, 0.25) is 0 Å². The molecular weight excluding hydrogens is 288 g/mol. The molecule has 0 spiro atoms. The summed E-state index contributed by atoms with van der Waals surface area (Å²) in [7, 11) is 1.40. The van der Waals surface area contributed by atoms with Gasteiger partial charge >= 0.3 is 5.97 Å². The van der Waals surface area contributed by atoms with Crippen molar-refractivity contribution in [2.45, 2.75) is 0 Å². The summed E-state index contributed by atoms with van der Waals surface area (Å²) in [5.74, 6) is -0.347. The van der Waals surface area contributed by atoms with Gasteiger partial charge < -0.3 is 9.30 Å². The predicted molar refractivity (Wildman–Crippen MR) is 89.9 cm³/mol. The molecule has 2 heterocycles. The van der Waals surface area contributed by atoms with Crippen LogP contribution in [0.5, 0.6) is 0 Å². The number of methoxy groups -OCH3 is 1. The van der Waals surface area contributed by atoms with Crippen LogP contribution in [0, 0.1) is 0 Å². The molecule has 2 aromatic carbocycles. The van der Waals surface area contributed by atoms with E-state index in [4.69, 9.17) is 4.74 Å². The minimum absolute atomic E-state index is 0.347. The molecule has 0 atom stereocenters. The number of para-hydroxylation sites is 2. The molecule has 4 aromatic rings. The number of hydrogen-bond acceptors (Lipinski definition) is 3. The second kappa shape index (κ2) is 5.25. The average molecular weight is 302 g/mol. The standard InChI is InChI=1S/C19H14N2O2/c1-23-19(22)14-7-3-5-9-17(14)21-16-8-4-2-6-13(16)15-12-20-11-10-18(15)21/h2-12H,1H3. The van der Waals surface area contributed by atoms with Crippen LogP contribution in [-0.4, -0.2) is 22.6 Å². The zero-order valence-electron chi connectivity index (χ0n) is 12.6. The Morgan fingerprint density at radius 3 is 2.57 bits per heavy atom. The van der Waals surface area contributed by atoms with E-state index in [0.717, 1.165) is 27.5 Å². The lowest BCUT2D eigenvalue weighted by Crippen LogP contribution is -2.07. The lowest BCUT2D eigenvalue weighted by Gasteiger charge is -2.11. The molecule has 2 aromatic heterocycles. The largest absolute Gasteiger partial charge is 0.465 e. The Morgan fingerprint density at radius 2 is 1.70 bits per heavy atom. The summed E-state index contributed by atoms with van der Waals surface area (Å²) in [4.78, 5) is 16.4. The van der Waals surface area contributed by atoms with E-state index in [1.165, 1.54) is 7.11 Å². The van der Waals surface area contributed by atoms with Crippen LogP contribution in [0.15, 0.2) is 67.0 Å². The normalized spacial score (nSPS) is 11.0. The van der Waals surface area contributed by atoms with E-state index < -0.39 is 0 Å². The van der Waals surface area contributed by atoms with Crippen molar-refractivity contribution in [3.05, 3.63) is 72.6 Å². The van der Waals surface area contributed by atoms with Gasteiger partial charge in [0.1, 0.15) is 0 Å². The summed E-state index contributed by atoms with van der Waals surface area (Å²) in [6.45, 7) is 0. The first-order chi connectivity index (χ1) is 11.3. The second-order valence-electron chi connectivity index (χ2n) is 5.25. The first-order valence-corrected chi connectivity index (χ1v) is 7.32. The third kappa shape index (κ3) is 1.99. The maximum absolute atomic E-state index is 12.2. The van der Waals surface area contributed by atoms with Gasteiger partial charge in [-0.15, -0.1) is 0 Å². The van der Waals surface area contributed by atoms with Crippen LogP contribution in [0.25, 0.3) is 27.5 Å². The van der Waals surface area contributed by atoms with Crippen LogP contribution < -0.4 is 0 Å². The fraction of sp³-hybridized carbons (Fsp3) is 0.0526. The van der Waals surface area contributed by atoms with Crippen LogP contribution in [0.1, 0.15) is 10.4 Å². The third-order valence-corrected chi connectivity index (χ3v) is 4.02. The van der Waals surface area contributed by atoms with Gasteiger partial charge in [-0.1, -0.05) is 30.3 Å². The van der Waals surface area contributed by atoms with Crippen molar-refractivity contribution in [2.24, 2.45) is 0 Å². The van der Waals surface area contributed by atoms with Gasteiger partial charge in [0.25, 0.3) is 0 Å². The highest BCUT2D eigenvalue weighted by molar-refractivity contribution is 6.09. The molecule has 0 amide bonds. The molecule has 0 N–H and O–H groups in total. The summed E-state index contributed by atoms with van der Waals surface area (Å²) in [5.41, 5.74) is 3.38. The third-order valence-electron chi connectivity index (χ3n) is 4.02. The van der Waals surface area contributed by atoms with Crippen molar-refractivity contribution in [2.75, 3.05) is 7.11 Å². The number of fused-ring (bicyclic) bond motifs is 3. The highest BCUT2D eigenvalue weighted by Crippen LogP contribution is 2.32. The molecule has 0 bridgehead atoms. The molecule has 0 aliphatic heterocycles. The molecule has 4 rings (SSSR count). The van der Waals surface area contributed by atoms with Crippen LogP contribution in [0.3, 0.4) is 0 Å². The van der Waals surface area contributed by atoms with E-state index in [-0.39, 0.29) is 5.97 Å². The Bertz CT molecular complexity index is 981. The van der Waals surface area contributed by atoms with Gasteiger partial charge in [0.2, 0.25) is 0 Å². The number of esters is 1. The van der Waals surface area contributed by atoms with Gasteiger partial charge in [-0.2, -0.15) is 0 Å². The van der Waals surface area contributed by atoms with Crippen LogP contribution in [0.4, 0.5) is 0 Å². The van der Waals surface area contributed by atoms with Crippen molar-refractivity contribution in [3.8, 4) is 5.69 Å². The Balaban J connectivity index is 2.16. The van der Waals surface area contributed by atoms with Gasteiger partial charge in [-0.05, 0) is 24.3 Å². The molecule has 0 aliphatic rings. The molecular formula is C19H14N2O2. The van der Waals surface area contributed by atoms with Gasteiger partial charge in [-0.25, -0.2) is 4.79 Å². The predicted octanol–water partition coefficient (Wildman–Crippen LogP) is 3.97. The van der Waals surface area contributed by atoms with Crippen molar-refractivity contribution in [1.82, 2.24) is 9.55 Å². The fourth-order valence-electron chi connectivity index (χ4n) is 3.03. The number of carbonyl (C=O) groups excluding carboxylic acids is 1. The Labute approximate surface area is 132 Å². The lowest BCUT2D eigenvalue weighted by molar-refractivity contribution is 0.0601. The summed E-state index contributed by atoms with van der Waals surface area (Å²) < 4.78 is 7.02. The topological polar surface area (TPSA) is 44.1 Å². The molecule has 0 unspecified atom stereocenters. The molecule has 0 fully saturated rings. The first kappa shape index (κ1) is 13.5. The first-order valence-electron chi connectivity index (χ1n) is 7.32. The van der Waals surface area contributed by atoms with Crippen molar-refractivity contribution >= 4 is 27.8 Å². The van der Waals surface area contributed by atoms with E-state index >= 15 is 0 Å². The molecule has 23 heavy (non-hydrogen) atoms. The lowest BCUT2D eigenvalue weighted by atomic mass is 10.1. The highest BCUT2D eigenvalue weighted by atomic mass is 16.5. The smallest absolute Gasteiger partial charge is 0.339 e. The number of pyridine rings is 1. The number of ether oxygens (including phenoxy) is 1. The zero-order valence-corrected chi connectivity index (χ0v) is 12.6. The number of aromatic nitrogens is 2. The number of nitrogens with zero attached hydrogens (tertiary/aromatic N) is 2. The maximum atomic E-state index is 12.2. The van der Waals surface area contributed by atoms with E-state index in [2.05, 4.69) is 15.6 Å². The summed E-state index contributed by atoms with van der Waals surface area (Å²) in [5, 5.41) is 2.16. The van der Waals surface area contributed by atoms with Gasteiger partial charge in [0.05, 0.1) is 29.4 Å². The average Bonchev–Trinajstić information content (AvgIpc) is 2.95. The number of hydrogen-bond donors (Lipinski definition) is 0. The Hall–Kier alpha value is -3.14. The van der Waals surface area contributed by atoms with Gasteiger partial charge in [0.15, 0.2) is 0 Å². The van der Waals surface area contributed by atoms with Crippen LogP contribution >= 0.6 is 0 Å². The molecule has 0 saturated heterocycles. The summed E-state index contributed by atoms with van der Waals surface area (Å²) in [6, 6.07) is 17.5. The number of benzene rings is 2. The number of carbonyl (C=O) groups is 1. The zero-order chi connectivity index (χ0) is 15.8. The summed E-state index contributed by atoms with van der Waals surface area (Å²) in [6.07, 6.45) is 3.62. The Morgan fingerprint density at radius 1 is 0.957 bits per heavy atom. The van der Waals surface area contributed by atoms with Crippen molar-refractivity contribution in [3.63, 3.8) is 0 Å². The molecule has 112 valence electrons. The van der Waals surface area contributed by atoms with Gasteiger partial charge in [0, 0.05) is 23.2 Å². The van der Waals surface area contributed by atoms with E-state index in [9.17, 15) is 4.79 Å². The minimum Gasteiger partial charge on any atom is -0.465 e. The van der Waals surface area contributed by atoms with E-state index in [1.54, 1.807) is 12.3 Å². The molecule has 0 radical (unpaired) electrons. The Kier molecular flexibility index (Phi) is 3.08. The molecule has 0 saturated carbocycles. The molecule has 4 heteroatoms. The second-order valence-corrected chi connectivity index (χ2v) is 5.25. The fourth-order valence-corrected chi connectivity index (χ4v) is 3.03. The SMILES string of the molecule is COC(=O)c1ccccc1-n1c2ccccc2c2cnccc21. The van der Waals surface area contributed by atoms with Crippen molar-refractivity contribution < 1.29 is 9.53 Å². The van der Waals surface area contributed by atoms with E-state index in [1.807, 2.05) is 48.7 Å². The highest BCUT2D eigenvalue weighted by Gasteiger charge is 2.17. The van der Waals surface area contributed by atoms with E-state index in [0.29, 0.717) is 5.56 Å². The molecule has 0 aliphatic carbocycles. The minimum atomic E-state index is -0.347. The quantitative estimate of drug-likeness (QED) is 0.526.